The van der Waals surface area contributed by atoms with Crippen LogP contribution < -0.4 is 136 Å². The Morgan fingerprint density at radius 1 is 0.395 bits per heavy atom. The number of fused-ring (bicyclic) bond motifs is 2. The molecule has 0 spiro atoms. The van der Waals surface area contributed by atoms with E-state index >= 15 is 0 Å². The minimum absolute atomic E-state index is 0. The smallest absolute Gasteiger partial charge is 1.00 e. The van der Waals surface area contributed by atoms with Crippen molar-refractivity contribution in [3.63, 3.8) is 0 Å². The van der Waals surface area contributed by atoms with Crippen LogP contribution in [0.4, 0.5) is 0 Å². The number of nitrogens with zero attached hydrogens (tertiary/aromatic N) is 2. The van der Waals surface area contributed by atoms with Crippen LogP contribution in [-0.4, -0.2) is 35.6 Å². The Hall–Kier alpha value is 2.62. The zero-order valence-electron chi connectivity index (χ0n) is 54.2. The second-order valence-corrected chi connectivity index (χ2v) is 49.6. The fraction of sp³-hybridized carbons (Fsp3) is 0.662. The molecule has 4 aromatic carbocycles. The average molecular weight is 1410 g/mol. The third kappa shape index (κ3) is 15.6. The number of rotatable bonds is 8. The first kappa shape index (κ1) is 76.0. The first-order valence-corrected chi connectivity index (χ1v) is 45.6. The van der Waals surface area contributed by atoms with Gasteiger partial charge < -0.3 is 24.6 Å². The van der Waals surface area contributed by atoms with Crippen molar-refractivity contribution >= 4 is 60.9 Å². The molecule has 13 fully saturated rings. The van der Waals surface area contributed by atoms with Gasteiger partial charge in [-0.25, -0.2) is 0 Å². The van der Waals surface area contributed by atoms with Gasteiger partial charge in [-0.2, -0.15) is 0 Å². The van der Waals surface area contributed by atoms with Gasteiger partial charge in [0.2, 0.25) is 0 Å². The van der Waals surface area contributed by atoms with E-state index in [0.29, 0.717) is 33.0 Å². The Bertz CT molecular complexity index is 2520. The molecule has 463 valence electrons. The standard InChI is InChI=1S/2C34H46NP.C4H8O.CH4.CH3.4ClH.2K.Zr/c2*1-32(2)23-33(3,4)31-19-29(18-30(31)32)36(27-11-7-5-8-12-27,28-13-9-6-10-14-28)35-34-20-24-15-25(21-34)17-26(16-24)22-34;1-2-4-5-3-1;;;;;;;;;/h2*5-14,24-26,29-31H,15-23H2,1-4H3;1-4H2;1H4;1H3;4*1H;;;/q;;;;-1;;;;;2*+1;+3/p-4. The molecule has 17 rings (SSSR count). The molecule has 0 radical (unpaired) electrons. The summed E-state index contributed by atoms with van der Waals surface area (Å²) in [5.41, 5.74) is 3.58. The van der Waals surface area contributed by atoms with Crippen molar-refractivity contribution in [3.05, 3.63) is 129 Å². The summed E-state index contributed by atoms with van der Waals surface area (Å²) in [6.45, 7) is 22.6. The average Bonchev–Trinajstić information content (AvgIpc) is 1.33. The first-order chi connectivity index (χ1) is 38.6. The minimum atomic E-state index is -2.13. The maximum atomic E-state index is 6.46. The summed E-state index contributed by atoms with van der Waals surface area (Å²) in [6.07, 6.45) is 28.0. The molecule has 0 aromatic heterocycles. The molecule has 12 saturated carbocycles. The van der Waals surface area contributed by atoms with E-state index in [-0.39, 0.29) is 141 Å². The Labute approximate surface area is 635 Å². The first-order valence-electron chi connectivity index (χ1n) is 32.5. The quantitative estimate of drug-likeness (QED) is 0.0983. The van der Waals surface area contributed by atoms with E-state index in [2.05, 4.69) is 177 Å². The van der Waals surface area contributed by atoms with E-state index in [4.69, 9.17) is 39.8 Å². The van der Waals surface area contributed by atoms with E-state index in [1.807, 2.05) is 0 Å². The number of hydrogen-bond acceptors (Lipinski definition) is 3. The molecule has 86 heavy (non-hydrogen) atoms. The largest absolute Gasteiger partial charge is 1.00 e. The normalized spacial score (nSPS) is 35.0. The number of benzene rings is 4. The van der Waals surface area contributed by atoms with Crippen molar-refractivity contribution in [1.82, 2.24) is 0 Å². The summed E-state index contributed by atoms with van der Waals surface area (Å²) in [4.78, 5) is 0. The zero-order valence-corrected chi connectivity index (χ0v) is 67.8. The summed E-state index contributed by atoms with van der Waals surface area (Å²) < 4.78 is 17.9. The van der Waals surface area contributed by atoms with Gasteiger partial charge in [-0.05, 0) is 230 Å². The molecule has 1 saturated heterocycles. The molecule has 3 nitrogen and oxygen atoms in total. The van der Waals surface area contributed by atoms with Gasteiger partial charge in [-0.15, -0.1) is 0 Å². The van der Waals surface area contributed by atoms with Crippen LogP contribution in [0.15, 0.2) is 131 Å². The van der Waals surface area contributed by atoms with Gasteiger partial charge in [0.25, 0.3) is 0 Å². The van der Waals surface area contributed by atoms with Crippen LogP contribution in [0.25, 0.3) is 0 Å². The molecule has 1 aliphatic heterocycles. The second kappa shape index (κ2) is 30.6. The SMILES string of the molecule is C.C1CCOC1.CC1(C)CC(C)(C)C2CC(P(=NC34CC5CC(CC(C5)C3)C4)(c3ccccc3)c3ccccc3)CC21.CC1(C)CC(C)(C)C2CC(P(=NC34CC5CC(CC(C5)C3)C4)(c3ccccc3)c3ccccc3)CC21.[CH3-].[Cl-].[Cl][Zr]([Cl])[Cl].[K+].[K+]. The van der Waals surface area contributed by atoms with E-state index < -0.39 is 32.3 Å². The van der Waals surface area contributed by atoms with Crippen LogP contribution in [0.2, 0.25) is 0 Å². The van der Waals surface area contributed by atoms with Crippen LogP contribution in [-0.2, 0) is 22.9 Å². The van der Waals surface area contributed by atoms with Gasteiger partial charge in [0.05, 0.1) is 11.1 Å². The summed E-state index contributed by atoms with van der Waals surface area (Å²) in [6, 6.07) is 47.0. The molecule has 4 aromatic rings. The minimum Gasteiger partial charge on any atom is 1.00 e. The number of hydrogen-bond donors (Lipinski definition) is 0. The summed E-state index contributed by atoms with van der Waals surface area (Å²) in [5.74, 6) is 8.95. The Kier molecular flexibility index (Phi) is 27.0. The predicted octanol–water partition coefficient (Wildman–Crippen LogP) is 12.3. The topological polar surface area (TPSA) is 34.0 Å². The van der Waals surface area contributed by atoms with Gasteiger partial charge in [0, 0.05) is 38.6 Å². The molecule has 0 amide bonds. The number of ether oxygens (including phenoxy) is 1. The van der Waals surface area contributed by atoms with Crippen molar-refractivity contribution in [2.75, 3.05) is 13.2 Å². The molecule has 12 heteroatoms. The Morgan fingerprint density at radius 3 is 0.791 bits per heavy atom. The van der Waals surface area contributed by atoms with Gasteiger partial charge >= 0.3 is 146 Å². The molecular formula is C74H107Cl4K2N2OP2Zr. The van der Waals surface area contributed by atoms with Crippen molar-refractivity contribution in [3.8, 4) is 0 Å². The van der Waals surface area contributed by atoms with E-state index in [9.17, 15) is 0 Å². The predicted molar refractivity (Wildman–Crippen MR) is 360 cm³/mol. The molecule has 12 aliphatic carbocycles. The zero-order chi connectivity index (χ0) is 56.6. The van der Waals surface area contributed by atoms with Crippen molar-refractivity contribution < 1.29 is 138 Å². The maximum Gasteiger partial charge on any atom is 1.00 e. The molecule has 4 unspecified atom stereocenters. The summed E-state index contributed by atoms with van der Waals surface area (Å²) >= 11 is -2.13. The van der Waals surface area contributed by atoms with Gasteiger partial charge in [0.1, 0.15) is 0 Å². The molecule has 1 heterocycles. The fourth-order valence-electron chi connectivity index (χ4n) is 22.7. The monoisotopic (exact) mass is 1410 g/mol. The number of halogens is 4. The van der Waals surface area contributed by atoms with E-state index in [1.165, 1.54) is 128 Å². The third-order valence-corrected chi connectivity index (χ3v) is 32.9. The summed E-state index contributed by atoms with van der Waals surface area (Å²) in [7, 11) is 11.1. The van der Waals surface area contributed by atoms with E-state index in [1.54, 1.807) is 21.2 Å². The second-order valence-electron chi connectivity index (χ2n) is 31.7. The summed E-state index contributed by atoms with van der Waals surface area (Å²) in [5, 5.41) is 6.25. The van der Waals surface area contributed by atoms with Crippen LogP contribution >= 0.6 is 39.6 Å². The maximum absolute atomic E-state index is 6.46. The van der Waals surface area contributed by atoms with E-state index in [0.717, 1.165) is 72.4 Å². The molecule has 4 atom stereocenters. The Balaban J connectivity index is 0.000000205. The Morgan fingerprint density at radius 2 is 0.605 bits per heavy atom. The fourth-order valence-corrected chi connectivity index (χ4v) is 32.2. The molecule has 0 N–H and O–H groups in total. The van der Waals surface area contributed by atoms with Crippen LogP contribution in [0.1, 0.15) is 191 Å². The van der Waals surface area contributed by atoms with Crippen molar-refractivity contribution in [1.29, 1.82) is 0 Å². The van der Waals surface area contributed by atoms with Crippen molar-refractivity contribution in [2.45, 2.75) is 214 Å². The van der Waals surface area contributed by atoms with Crippen LogP contribution in [0.3, 0.4) is 0 Å². The van der Waals surface area contributed by atoms with Gasteiger partial charge in [-0.3, -0.25) is 9.49 Å². The van der Waals surface area contributed by atoms with Crippen molar-refractivity contribution in [2.24, 2.45) is 90.3 Å². The van der Waals surface area contributed by atoms with Crippen LogP contribution in [0, 0.1) is 88.3 Å². The molecule has 8 bridgehead atoms. The van der Waals surface area contributed by atoms with Gasteiger partial charge in [-0.1, -0.05) is 184 Å². The third-order valence-electron chi connectivity index (χ3n) is 24.1. The van der Waals surface area contributed by atoms with Crippen LogP contribution in [0.5, 0.6) is 0 Å². The van der Waals surface area contributed by atoms with Gasteiger partial charge in [0.15, 0.2) is 0 Å². The molecular weight excluding hydrogens is 1310 g/mol. The molecule has 13 aliphatic rings.